The summed E-state index contributed by atoms with van der Waals surface area (Å²) >= 11 is 0. The van der Waals surface area contributed by atoms with Crippen molar-refractivity contribution in [2.75, 3.05) is 13.1 Å². The van der Waals surface area contributed by atoms with E-state index < -0.39 is 0 Å². The quantitative estimate of drug-likeness (QED) is 0.709. The molecule has 1 rings (SSSR count). The van der Waals surface area contributed by atoms with E-state index in [0.717, 1.165) is 11.8 Å². The first kappa shape index (κ1) is 11.0. The van der Waals surface area contributed by atoms with E-state index in [9.17, 15) is 0 Å². The zero-order valence-corrected chi connectivity index (χ0v) is 9.69. The van der Waals surface area contributed by atoms with Crippen LogP contribution < -0.4 is 5.32 Å². The molecule has 1 fully saturated rings. The van der Waals surface area contributed by atoms with Crippen LogP contribution in [-0.2, 0) is 0 Å². The third-order valence-corrected chi connectivity index (χ3v) is 3.83. The van der Waals surface area contributed by atoms with Crippen LogP contribution in [0.15, 0.2) is 0 Å². The second-order valence-corrected chi connectivity index (χ2v) is 5.14. The Morgan fingerprint density at radius 3 is 2.38 bits per heavy atom. The highest BCUT2D eigenvalue weighted by atomic mass is 14.9. The van der Waals surface area contributed by atoms with Crippen LogP contribution in [0.5, 0.6) is 0 Å². The Balaban J connectivity index is 2.63. The molecule has 0 saturated carbocycles. The standard InChI is InChI=1S/C12H25N/c1-5-10(6-2)11-7-8-13-9-12(11,3)4/h10-11,13H,5-9H2,1-4H3. The summed E-state index contributed by atoms with van der Waals surface area (Å²) < 4.78 is 0. The van der Waals surface area contributed by atoms with Crippen molar-refractivity contribution in [3.05, 3.63) is 0 Å². The summed E-state index contributed by atoms with van der Waals surface area (Å²) in [6, 6.07) is 0. The van der Waals surface area contributed by atoms with Gasteiger partial charge in [-0.25, -0.2) is 0 Å². The van der Waals surface area contributed by atoms with Gasteiger partial charge < -0.3 is 5.32 Å². The smallest absolute Gasteiger partial charge is 0.000528 e. The fourth-order valence-electron chi connectivity index (χ4n) is 2.92. The lowest BCUT2D eigenvalue weighted by Gasteiger charge is -2.43. The molecule has 1 nitrogen and oxygen atoms in total. The van der Waals surface area contributed by atoms with Crippen molar-refractivity contribution in [1.82, 2.24) is 5.32 Å². The molecule has 1 aliphatic rings. The molecule has 0 aliphatic carbocycles. The second-order valence-electron chi connectivity index (χ2n) is 5.14. The molecule has 13 heavy (non-hydrogen) atoms. The first-order chi connectivity index (χ1) is 6.11. The van der Waals surface area contributed by atoms with Crippen molar-refractivity contribution >= 4 is 0 Å². The maximum Gasteiger partial charge on any atom is 0.000528 e. The predicted octanol–water partition coefficient (Wildman–Crippen LogP) is 3.06. The molecule has 1 saturated heterocycles. The van der Waals surface area contributed by atoms with E-state index in [1.54, 1.807) is 0 Å². The van der Waals surface area contributed by atoms with E-state index >= 15 is 0 Å². The minimum Gasteiger partial charge on any atom is -0.316 e. The molecule has 78 valence electrons. The fourth-order valence-corrected chi connectivity index (χ4v) is 2.92. The lowest BCUT2D eigenvalue weighted by molar-refractivity contribution is 0.0907. The molecule has 0 radical (unpaired) electrons. The zero-order valence-electron chi connectivity index (χ0n) is 9.69. The molecular formula is C12H25N. The van der Waals surface area contributed by atoms with E-state index in [-0.39, 0.29) is 0 Å². The van der Waals surface area contributed by atoms with Crippen LogP contribution >= 0.6 is 0 Å². The third-order valence-electron chi connectivity index (χ3n) is 3.83. The van der Waals surface area contributed by atoms with Gasteiger partial charge in [0.05, 0.1) is 0 Å². The molecule has 0 spiro atoms. The topological polar surface area (TPSA) is 12.0 Å². The molecule has 0 amide bonds. The van der Waals surface area contributed by atoms with E-state index in [1.807, 2.05) is 0 Å². The number of nitrogens with one attached hydrogen (secondary N) is 1. The number of hydrogen-bond acceptors (Lipinski definition) is 1. The van der Waals surface area contributed by atoms with Crippen molar-refractivity contribution in [2.24, 2.45) is 17.3 Å². The van der Waals surface area contributed by atoms with Gasteiger partial charge in [0.1, 0.15) is 0 Å². The van der Waals surface area contributed by atoms with Crippen LogP contribution in [0.4, 0.5) is 0 Å². The van der Waals surface area contributed by atoms with Crippen LogP contribution in [0.3, 0.4) is 0 Å². The first-order valence-electron chi connectivity index (χ1n) is 5.82. The molecule has 0 bridgehead atoms. The van der Waals surface area contributed by atoms with Gasteiger partial charge in [-0.1, -0.05) is 40.5 Å². The lowest BCUT2D eigenvalue weighted by atomic mass is 9.67. The Morgan fingerprint density at radius 2 is 1.92 bits per heavy atom. The molecule has 1 unspecified atom stereocenters. The third kappa shape index (κ3) is 2.46. The summed E-state index contributed by atoms with van der Waals surface area (Å²) in [7, 11) is 0. The first-order valence-corrected chi connectivity index (χ1v) is 5.82. The van der Waals surface area contributed by atoms with Crippen LogP contribution in [0.2, 0.25) is 0 Å². The summed E-state index contributed by atoms with van der Waals surface area (Å²) in [6.07, 6.45) is 4.08. The minimum atomic E-state index is 0.509. The molecule has 1 heterocycles. The van der Waals surface area contributed by atoms with E-state index in [0.29, 0.717) is 5.41 Å². The van der Waals surface area contributed by atoms with Gasteiger partial charge in [-0.05, 0) is 30.2 Å². The van der Waals surface area contributed by atoms with Crippen LogP contribution in [0.25, 0.3) is 0 Å². The fraction of sp³-hybridized carbons (Fsp3) is 1.00. The van der Waals surface area contributed by atoms with Crippen LogP contribution in [0.1, 0.15) is 47.0 Å². The van der Waals surface area contributed by atoms with Gasteiger partial charge in [0, 0.05) is 6.54 Å². The monoisotopic (exact) mass is 183 g/mol. The van der Waals surface area contributed by atoms with Gasteiger partial charge >= 0.3 is 0 Å². The summed E-state index contributed by atoms with van der Waals surface area (Å²) in [6.45, 7) is 11.9. The van der Waals surface area contributed by atoms with E-state index in [4.69, 9.17) is 0 Å². The second kappa shape index (κ2) is 4.45. The van der Waals surface area contributed by atoms with Crippen molar-refractivity contribution in [3.63, 3.8) is 0 Å². The number of piperidine rings is 1. The van der Waals surface area contributed by atoms with Gasteiger partial charge in [-0.15, -0.1) is 0 Å². The van der Waals surface area contributed by atoms with Crippen molar-refractivity contribution in [1.29, 1.82) is 0 Å². The highest BCUT2D eigenvalue weighted by Crippen LogP contribution is 2.39. The summed E-state index contributed by atoms with van der Waals surface area (Å²) in [4.78, 5) is 0. The van der Waals surface area contributed by atoms with Gasteiger partial charge in [-0.3, -0.25) is 0 Å². The molecular weight excluding hydrogens is 158 g/mol. The van der Waals surface area contributed by atoms with Crippen LogP contribution in [0, 0.1) is 17.3 Å². The summed E-state index contributed by atoms with van der Waals surface area (Å²) in [5.74, 6) is 1.88. The molecule has 1 heteroatoms. The van der Waals surface area contributed by atoms with Gasteiger partial charge in [0.25, 0.3) is 0 Å². The van der Waals surface area contributed by atoms with E-state index in [2.05, 4.69) is 33.0 Å². The van der Waals surface area contributed by atoms with E-state index in [1.165, 1.54) is 32.4 Å². The summed E-state index contributed by atoms with van der Waals surface area (Å²) in [5, 5.41) is 3.51. The molecule has 1 atom stereocenters. The van der Waals surface area contributed by atoms with Crippen LogP contribution in [-0.4, -0.2) is 13.1 Å². The minimum absolute atomic E-state index is 0.509. The molecule has 1 N–H and O–H groups in total. The lowest BCUT2D eigenvalue weighted by Crippen LogP contribution is -2.45. The summed E-state index contributed by atoms with van der Waals surface area (Å²) in [5.41, 5.74) is 0.509. The predicted molar refractivity (Wildman–Crippen MR) is 58.8 cm³/mol. The molecule has 0 aromatic carbocycles. The Bertz CT molecular complexity index is 147. The van der Waals surface area contributed by atoms with Gasteiger partial charge in [0.15, 0.2) is 0 Å². The normalized spacial score (nSPS) is 27.9. The Hall–Kier alpha value is -0.0400. The Morgan fingerprint density at radius 1 is 1.31 bits per heavy atom. The van der Waals surface area contributed by atoms with Crippen molar-refractivity contribution in [2.45, 2.75) is 47.0 Å². The molecule has 1 aliphatic heterocycles. The average molecular weight is 183 g/mol. The van der Waals surface area contributed by atoms with Gasteiger partial charge in [0.2, 0.25) is 0 Å². The highest BCUT2D eigenvalue weighted by molar-refractivity contribution is 4.88. The SMILES string of the molecule is CCC(CC)C1CCNCC1(C)C. The number of rotatable bonds is 3. The van der Waals surface area contributed by atoms with Gasteiger partial charge in [-0.2, -0.15) is 0 Å². The largest absolute Gasteiger partial charge is 0.316 e. The average Bonchev–Trinajstić information content (AvgIpc) is 2.09. The number of hydrogen-bond donors (Lipinski definition) is 1. The van der Waals surface area contributed by atoms with Crippen molar-refractivity contribution < 1.29 is 0 Å². The Labute approximate surface area is 83.3 Å². The zero-order chi connectivity index (χ0) is 9.90. The molecule has 0 aromatic heterocycles. The highest BCUT2D eigenvalue weighted by Gasteiger charge is 2.35. The molecule has 0 aromatic rings. The Kier molecular flexibility index (Phi) is 3.78. The van der Waals surface area contributed by atoms with Crippen molar-refractivity contribution in [3.8, 4) is 0 Å². The maximum absolute atomic E-state index is 3.51. The maximum atomic E-state index is 3.51.